The smallest absolute Gasteiger partial charge is 0.0601 e. The van der Waals surface area contributed by atoms with E-state index in [1.54, 1.807) is 0 Å². The molecule has 0 aliphatic heterocycles. The molecular weight excluding hydrogens is 282 g/mol. The first-order chi connectivity index (χ1) is 9.72. The molecule has 0 radical (unpaired) electrons. The predicted octanol–water partition coefficient (Wildman–Crippen LogP) is 5.22. The third-order valence-corrected chi connectivity index (χ3v) is 6.01. The van der Waals surface area contributed by atoms with E-state index in [-0.39, 0.29) is 0 Å². The summed E-state index contributed by atoms with van der Waals surface area (Å²) in [4.78, 5) is 0. The number of rotatable bonds is 7. The molecule has 2 aromatic rings. The Morgan fingerprint density at radius 3 is 2.40 bits per heavy atom. The SMILES string of the molecule is CCNC(c1ccccc1)C(Sc1cccs1)C(C)C. The molecule has 1 heterocycles. The van der Waals surface area contributed by atoms with E-state index in [1.807, 2.05) is 23.1 Å². The molecule has 1 N–H and O–H groups in total. The lowest BCUT2D eigenvalue weighted by Gasteiger charge is -2.30. The van der Waals surface area contributed by atoms with Crippen molar-refractivity contribution >= 4 is 23.1 Å². The van der Waals surface area contributed by atoms with E-state index in [0.717, 1.165) is 6.54 Å². The molecule has 1 aromatic carbocycles. The minimum absolute atomic E-state index is 0.397. The first-order valence-corrected chi connectivity index (χ1v) is 8.96. The van der Waals surface area contributed by atoms with Gasteiger partial charge in [-0.15, -0.1) is 23.1 Å². The molecular formula is C17H23NS2. The predicted molar refractivity (Wildman–Crippen MR) is 91.7 cm³/mol. The van der Waals surface area contributed by atoms with Gasteiger partial charge in [-0.1, -0.05) is 57.2 Å². The standard InChI is InChI=1S/C17H23NS2/c1-4-18-16(14-9-6-5-7-10-14)17(13(2)3)20-15-11-8-12-19-15/h5-13,16-18H,4H2,1-3H3. The molecule has 2 unspecified atom stereocenters. The fourth-order valence-corrected chi connectivity index (χ4v) is 4.62. The summed E-state index contributed by atoms with van der Waals surface area (Å²) in [6.45, 7) is 7.81. The van der Waals surface area contributed by atoms with Crippen molar-refractivity contribution in [2.24, 2.45) is 5.92 Å². The zero-order valence-electron chi connectivity index (χ0n) is 12.4. The molecule has 0 aliphatic carbocycles. The van der Waals surface area contributed by atoms with Gasteiger partial charge in [0.2, 0.25) is 0 Å². The van der Waals surface area contributed by atoms with Crippen molar-refractivity contribution in [2.45, 2.75) is 36.3 Å². The topological polar surface area (TPSA) is 12.0 Å². The summed E-state index contributed by atoms with van der Waals surface area (Å²) in [5.41, 5.74) is 1.39. The maximum atomic E-state index is 3.68. The van der Waals surface area contributed by atoms with Crippen LogP contribution in [0.2, 0.25) is 0 Å². The minimum atomic E-state index is 0.397. The number of hydrogen-bond acceptors (Lipinski definition) is 3. The number of hydrogen-bond donors (Lipinski definition) is 1. The molecule has 0 saturated carbocycles. The second-order valence-corrected chi connectivity index (χ2v) is 7.63. The van der Waals surface area contributed by atoms with Gasteiger partial charge < -0.3 is 5.32 Å². The zero-order valence-corrected chi connectivity index (χ0v) is 14.0. The average molecular weight is 306 g/mol. The van der Waals surface area contributed by atoms with Crippen LogP contribution in [0.4, 0.5) is 0 Å². The highest BCUT2D eigenvalue weighted by Crippen LogP contribution is 2.38. The van der Waals surface area contributed by atoms with Crippen LogP contribution in [0.15, 0.2) is 52.1 Å². The fourth-order valence-electron chi connectivity index (χ4n) is 2.36. The zero-order chi connectivity index (χ0) is 14.4. The largest absolute Gasteiger partial charge is 0.309 e. The first kappa shape index (κ1) is 15.6. The summed E-state index contributed by atoms with van der Waals surface area (Å²) < 4.78 is 1.41. The van der Waals surface area contributed by atoms with E-state index in [9.17, 15) is 0 Å². The fraction of sp³-hybridized carbons (Fsp3) is 0.412. The Morgan fingerprint density at radius 1 is 1.10 bits per heavy atom. The normalized spacial score (nSPS) is 14.4. The van der Waals surface area contributed by atoms with Crippen LogP contribution in [0.5, 0.6) is 0 Å². The molecule has 20 heavy (non-hydrogen) atoms. The van der Waals surface area contributed by atoms with Crippen LogP contribution in [-0.2, 0) is 0 Å². The van der Waals surface area contributed by atoms with Gasteiger partial charge in [0, 0.05) is 11.3 Å². The van der Waals surface area contributed by atoms with E-state index in [0.29, 0.717) is 17.2 Å². The minimum Gasteiger partial charge on any atom is -0.309 e. The average Bonchev–Trinajstić information content (AvgIpc) is 2.96. The Morgan fingerprint density at radius 2 is 1.85 bits per heavy atom. The Hall–Kier alpha value is -0.770. The quantitative estimate of drug-likeness (QED) is 0.704. The van der Waals surface area contributed by atoms with Crippen molar-refractivity contribution < 1.29 is 0 Å². The van der Waals surface area contributed by atoms with Gasteiger partial charge >= 0.3 is 0 Å². The van der Waals surface area contributed by atoms with E-state index in [4.69, 9.17) is 0 Å². The first-order valence-electron chi connectivity index (χ1n) is 7.21. The monoisotopic (exact) mass is 305 g/mol. The Kier molecular flexibility index (Phi) is 6.14. The lowest BCUT2D eigenvalue weighted by atomic mass is 9.96. The highest BCUT2D eigenvalue weighted by molar-refractivity contribution is 8.01. The molecule has 108 valence electrons. The second kappa shape index (κ2) is 7.87. The summed E-state index contributed by atoms with van der Waals surface area (Å²) in [5.74, 6) is 0.617. The molecule has 0 aliphatic rings. The highest BCUT2D eigenvalue weighted by Gasteiger charge is 2.26. The van der Waals surface area contributed by atoms with Gasteiger partial charge in [0.05, 0.1) is 4.21 Å². The lowest BCUT2D eigenvalue weighted by molar-refractivity contribution is 0.453. The van der Waals surface area contributed by atoms with Gasteiger partial charge in [-0.25, -0.2) is 0 Å². The maximum Gasteiger partial charge on any atom is 0.0601 e. The number of thioether (sulfide) groups is 1. The lowest BCUT2D eigenvalue weighted by Crippen LogP contribution is -2.33. The summed E-state index contributed by atoms with van der Waals surface area (Å²) in [6, 6.07) is 15.6. The Labute approximate surface area is 130 Å². The molecule has 3 heteroatoms. The molecule has 0 spiro atoms. The van der Waals surface area contributed by atoms with Gasteiger partial charge in [0.15, 0.2) is 0 Å². The third kappa shape index (κ3) is 4.11. The maximum absolute atomic E-state index is 3.68. The van der Waals surface area contributed by atoms with E-state index in [1.165, 1.54) is 9.77 Å². The summed E-state index contributed by atoms with van der Waals surface area (Å²) in [6.07, 6.45) is 0. The molecule has 2 rings (SSSR count). The van der Waals surface area contributed by atoms with Gasteiger partial charge in [0.25, 0.3) is 0 Å². The van der Waals surface area contributed by atoms with Gasteiger partial charge in [-0.05, 0) is 29.5 Å². The summed E-state index contributed by atoms with van der Waals surface area (Å²) >= 11 is 3.84. The summed E-state index contributed by atoms with van der Waals surface area (Å²) in [7, 11) is 0. The van der Waals surface area contributed by atoms with Crippen molar-refractivity contribution in [3.05, 3.63) is 53.4 Å². The van der Waals surface area contributed by atoms with Crippen LogP contribution in [0.25, 0.3) is 0 Å². The van der Waals surface area contributed by atoms with Crippen LogP contribution in [-0.4, -0.2) is 11.8 Å². The van der Waals surface area contributed by atoms with Crippen molar-refractivity contribution in [1.82, 2.24) is 5.32 Å². The molecule has 1 aromatic heterocycles. The molecule has 0 fully saturated rings. The van der Waals surface area contributed by atoms with Crippen LogP contribution in [0, 0.1) is 5.92 Å². The molecule has 0 saturated heterocycles. The number of nitrogens with one attached hydrogen (secondary N) is 1. The highest BCUT2D eigenvalue weighted by atomic mass is 32.2. The molecule has 0 amide bonds. The Bertz CT molecular complexity index is 479. The summed E-state index contributed by atoms with van der Waals surface area (Å²) in [5, 5.41) is 6.37. The van der Waals surface area contributed by atoms with Crippen LogP contribution < -0.4 is 5.32 Å². The van der Waals surface area contributed by atoms with Crippen LogP contribution >= 0.6 is 23.1 Å². The number of thiophene rings is 1. The van der Waals surface area contributed by atoms with Crippen molar-refractivity contribution in [1.29, 1.82) is 0 Å². The van der Waals surface area contributed by atoms with Crippen LogP contribution in [0.1, 0.15) is 32.4 Å². The van der Waals surface area contributed by atoms with Crippen molar-refractivity contribution in [2.75, 3.05) is 6.54 Å². The van der Waals surface area contributed by atoms with E-state index < -0.39 is 0 Å². The van der Waals surface area contributed by atoms with Crippen LogP contribution in [0.3, 0.4) is 0 Å². The van der Waals surface area contributed by atoms with Gasteiger partial charge in [-0.2, -0.15) is 0 Å². The van der Waals surface area contributed by atoms with Crippen molar-refractivity contribution in [3.63, 3.8) is 0 Å². The molecule has 2 atom stereocenters. The molecule has 0 bridgehead atoms. The van der Waals surface area contributed by atoms with Crippen molar-refractivity contribution in [3.8, 4) is 0 Å². The number of benzene rings is 1. The van der Waals surface area contributed by atoms with E-state index >= 15 is 0 Å². The third-order valence-electron chi connectivity index (χ3n) is 3.32. The molecule has 1 nitrogen and oxygen atoms in total. The second-order valence-electron chi connectivity index (χ2n) is 5.20. The van der Waals surface area contributed by atoms with Gasteiger partial charge in [-0.3, -0.25) is 0 Å². The van der Waals surface area contributed by atoms with Gasteiger partial charge in [0.1, 0.15) is 0 Å². The Balaban J connectivity index is 2.23. The van der Waals surface area contributed by atoms with E-state index in [2.05, 4.69) is 73.9 Å².